The fourth-order valence-corrected chi connectivity index (χ4v) is 2.00. The molecule has 2 amide bonds. The highest BCUT2D eigenvalue weighted by atomic mass is 16.2. The van der Waals surface area contributed by atoms with Crippen LogP contribution in [-0.2, 0) is 16.1 Å². The number of rotatable bonds is 5. The molecular formula is C13H18N4O2. The van der Waals surface area contributed by atoms with Crippen molar-refractivity contribution in [2.45, 2.75) is 6.54 Å². The van der Waals surface area contributed by atoms with Crippen LogP contribution in [0.2, 0.25) is 0 Å². The second-order valence-corrected chi connectivity index (χ2v) is 4.49. The number of carbonyl (C=O) groups is 2. The van der Waals surface area contributed by atoms with Crippen LogP contribution in [0.4, 0.5) is 0 Å². The first kappa shape index (κ1) is 13.5. The Morgan fingerprint density at radius 2 is 2.16 bits per heavy atom. The number of aromatic nitrogens is 1. The first-order chi connectivity index (χ1) is 9.29. The Balaban J connectivity index is 1.69. The normalized spacial score (nSPS) is 15.4. The first-order valence-corrected chi connectivity index (χ1v) is 6.36. The molecule has 1 aliphatic rings. The maximum Gasteiger partial charge on any atom is 0.236 e. The largest absolute Gasteiger partial charge is 0.342 e. The van der Waals surface area contributed by atoms with Crippen LogP contribution in [0.3, 0.4) is 0 Å². The molecular weight excluding hydrogens is 244 g/mol. The van der Waals surface area contributed by atoms with E-state index in [-0.39, 0.29) is 5.91 Å². The first-order valence-electron chi connectivity index (χ1n) is 6.36. The number of nitrogens with one attached hydrogen (secondary N) is 1. The SMILES string of the molecule is O=CN1CCN(C(=O)CNCc2cccnc2)CC1. The Hall–Kier alpha value is -1.95. The lowest BCUT2D eigenvalue weighted by molar-refractivity contribution is -0.134. The highest BCUT2D eigenvalue weighted by Crippen LogP contribution is 2.00. The van der Waals surface area contributed by atoms with Crippen molar-refractivity contribution in [1.29, 1.82) is 0 Å². The van der Waals surface area contributed by atoms with E-state index in [0.29, 0.717) is 39.3 Å². The van der Waals surface area contributed by atoms with Gasteiger partial charge >= 0.3 is 0 Å². The molecule has 0 unspecified atom stereocenters. The lowest BCUT2D eigenvalue weighted by atomic mass is 10.3. The summed E-state index contributed by atoms with van der Waals surface area (Å²) in [5, 5.41) is 3.11. The zero-order chi connectivity index (χ0) is 13.5. The summed E-state index contributed by atoms with van der Waals surface area (Å²) < 4.78 is 0. The van der Waals surface area contributed by atoms with Crippen molar-refractivity contribution in [2.75, 3.05) is 32.7 Å². The second kappa shape index (κ2) is 6.84. The van der Waals surface area contributed by atoms with Crippen LogP contribution in [0.25, 0.3) is 0 Å². The van der Waals surface area contributed by atoms with Gasteiger partial charge in [0, 0.05) is 45.1 Å². The molecule has 1 N–H and O–H groups in total. The van der Waals surface area contributed by atoms with Crippen LogP contribution in [-0.4, -0.2) is 59.8 Å². The summed E-state index contributed by atoms with van der Waals surface area (Å²) in [5.74, 6) is 0.0782. The average Bonchev–Trinajstić information content (AvgIpc) is 2.48. The van der Waals surface area contributed by atoms with Crippen molar-refractivity contribution in [3.63, 3.8) is 0 Å². The lowest BCUT2D eigenvalue weighted by Crippen LogP contribution is -2.50. The molecule has 1 saturated heterocycles. The smallest absolute Gasteiger partial charge is 0.236 e. The molecule has 1 aliphatic heterocycles. The predicted octanol–water partition coefficient (Wildman–Crippen LogP) is -0.528. The van der Waals surface area contributed by atoms with Crippen molar-refractivity contribution in [3.8, 4) is 0 Å². The lowest BCUT2D eigenvalue weighted by Gasteiger charge is -2.32. The zero-order valence-corrected chi connectivity index (χ0v) is 10.8. The van der Waals surface area contributed by atoms with Gasteiger partial charge in [0.05, 0.1) is 6.54 Å². The Bertz CT molecular complexity index is 416. The molecule has 2 heterocycles. The standard InChI is InChI=1S/C13H18N4O2/c18-11-16-4-6-17(7-5-16)13(19)10-15-9-12-2-1-3-14-8-12/h1-3,8,11,15H,4-7,9-10H2. The van der Waals surface area contributed by atoms with E-state index in [1.54, 1.807) is 22.2 Å². The van der Waals surface area contributed by atoms with E-state index in [4.69, 9.17) is 0 Å². The number of hydrogen-bond donors (Lipinski definition) is 1. The monoisotopic (exact) mass is 262 g/mol. The average molecular weight is 262 g/mol. The van der Waals surface area contributed by atoms with Crippen molar-refractivity contribution >= 4 is 12.3 Å². The van der Waals surface area contributed by atoms with Gasteiger partial charge < -0.3 is 15.1 Å². The summed E-state index contributed by atoms with van der Waals surface area (Å²) in [6.07, 6.45) is 4.34. The minimum absolute atomic E-state index is 0.0782. The fraction of sp³-hybridized carbons (Fsp3) is 0.462. The molecule has 0 radical (unpaired) electrons. The van der Waals surface area contributed by atoms with Gasteiger partial charge in [-0.05, 0) is 11.6 Å². The Kier molecular flexibility index (Phi) is 4.85. The minimum Gasteiger partial charge on any atom is -0.342 e. The molecule has 0 aliphatic carbocycles. The van der Waals surface area contributed by atoms with Crippen LogP contribution < -0.4 is 5.32 Å². The quantitative estimate of drug-likeness (QED) is 0.725. The molecule has 0 bridgehead atoms. The molecule has 6 nitrogen and oxygen atoms in total. The van der Waals surface area contributed by atoms with Crippen molar-refractivity contribution in [1.82, 2.24) is 20.1 Å². The predicted molar refractivity (Wildman–Crippen MR) is 70.2 cm³/mol. The highest BCUT2D eigenvalue weighted by molar-refractivity contribution is 5.78. The van der Waals surface area contributed by atoms with E-state index in [0.717, 1.165) is 12.0 Å². The van der Waals surface area contributed by atoms with Gasteiger partial charge in [-0.25, -0.2) is 0 Å². The van der Waals surface area contributed by atoms with Gasteiger partial charge in [0.25, 0.3) is 0 Å². The molecule has 6 heteroatoms. The Morgan fingerprint density at radius 3 is 2.79 bits per heavy atom. The van der Waals surface area contributed by atoms with Crippen LogP contribution in [0, 0.1) is 0 Å². The number of amides is 2. The third-order valence-corrected chi connectivity index (χ3v) is 3.14. The van der Waals surface area contributed by atoms with Gasteiger partial charge in [0.1, 0.15) is 0 Å². The molecule has 0 saturated carbocycles. The second-order valence-electron chi connectivity index (χ2n) is 4.49. The number of carbonyl (C=O) groups excluding carboxylic acids is 2. The maximum atomic E-state index is 11.9. The summed E-state index contributed by atoms with van der Waals surface area (Å²) in [5.41, 5.74) is 1.06. The molecule has 1 aromatic rings. The highest BCUT2D eigenvalue weighted by Gasteiger charge is 2.19. The van der Waals surface area contributed by atoms with E-state index in [1.807, 2.05) is 12.1 Å². The van der Waals surface area contributed by atoms with E-state index >= 15 is 0 Å². The Labute approximate surface area is 112 Å². The molecule has 0 atom stereocenters. The van der Waals surface area contributed by atoms with E-state index in [9.17, 15) is 9.59 Å². The summed E-state index contributed by atoms with van der Waals surface area (Å²) in [6.45, 7) is 3.43. The number of pyridine rings is 1. The molecule has 102 valence electrons. The van der Waals surface area contributed by atoms with Crippen molar-refractivity contribution in [3.05, 3.63) is 30.1 Å². The zero-order valence-electron chi connectivity index (χ0n) is 10.8. The minimum atomic E-state index is 0.0782. The molecule has 1 aromatic heterocycles. The van der Waals surface area contributed by atoms with Gasteiger partial charge in [0.2, 0.25) is 12.3 Å². The summed E-state index contributed by atoms with van der Waals surface area (Å²) in [6, 6.07) is 3.84. The molecule has 19 heavy (non-hydrogen) atoms. The summed E-state index contributed by atoms with van der Waals surface area (Å²) in [4.78, 5) is 30.0. The summed E-state index contributed by atoms with van der Waals surface area (Å²) >= 11 is 0. The van der Waals surface area contributed by atoms with Crippen LogP contribution >= 0.6 is 0 Å². The van der Waals surface area contributed by atoms with Crippen LogP contribution in [0.1, 0.15) is 5.56 Å². The number of piperazine rings is 1. The molecule has 0 aromatic carbocycles. The van der Waals surface area contributed by atoms with Crippen molar-refractivity contribution in [2.24, 2.45) is 0 Å². The molecule has 1 fully saturated rings. The number of hydrogen-bond acceptors (Lipinski definition) is 4. The fourth-order valence-electron chi connectivity index (χ4n) is 2.00. The van der Waals surface area contributed by atoms with Gasteiger partial charge in [-0.15, -0.1) is 0 Å². The van der Waals surface area contributed by atoms with Gasteiger partial charge in [0.15, 0.2) is 0 Å². The molecule has 0 spiro atoms. The van der Waals surface area contributed by atoms with E-state index < -0.39 is 0 Å². The van der Waals surface area contributed by atoms with Gasteiger partial charge in [-0.2, -0.15) is 0 Å². The van der Waals surface area contributed by atoms with Crippen molar-refractivity contribution < 1.29 is 9.59 Å². The van der Waals surface area contributed by atoms with Gasteiger partial charge in [-0.3, -0.25) is 14.6 Å². The van der Waals surface area contributed by atoms with E-state index in [1.165, 1.54) is 0 Å². The number of nitrogens with zero attached hydrogens (tertiary/aromatic N) is 3. The third-order valence-electron chi connectivity index (χ3n) is 3.14. The summed E-state index contributed by atoms with van der Waals surface area (Å²) in [7, 11) is 0. The van der Waals surface area contributed by atoms with E-state index in [2.05, 4.69) is 10.3 Å². The van der Waals surface area contributed by atoms with Gasteiger partial charge in [-0.1, -0.05) is 6.07 Å². The topological polar surface area (TPSA) is 65.5 Å². The third kappa shape index (κ3) is 4.03. The molecule has 2 rings (SSSR count). The maximum absolute atomic E-state index is 11.9. The van der Waals surface area contributed by atoms with Crippen LogP contribution in [0.5, 0.6) is 0 Å². The Morgan fingerprint density at radius 1 is 1.37 bits per heavy atom. The van der Waals surface area contributed by atoms with Crippen LogP contribution in [0.15, 0.2) is 24.5 Å².